The van der Waals surface area contributed by atoms with Crippen LogP contribution >= 0.6 is 0 Å². The van der Waals surface area contributed by atoms with Crippen LogP contribution in [0.2, 0.25) is 0 Å². The third kappa shape index (κ3) is 2.73. The number of likely N-dealkylation sites (tertiary alicyclic amines) is 1. The Hall–Kier alpha value is -1.72. The van der Waals surface area contributed by atoms with Gasteiger partial charge in [0, 0.05) is 13.1 Å². The highest BCUT2D eigenvalue weighted by atomic mass is 16.1. The first-order chi connectivity index (χ1) is 9.76. The maximum atomic E-state index is 12.1. The molecule has 1 fully saturated rings. The average Bonchev–Trinajstić information content (AvgIpc) is 2.48. The standard InChI is InChI=1S/C15H20N4O/c16-8-11-4-3-7-19(9-11)10-14-15(20)18-13-6-2-1-5-12(13)17-14/h1-2,5-6,11H,3-4,7-10,16H2,(H,18,20). The molecular weight excluding hydrogens is 252 g/mol. The lowest BCUT2D eigenvalue weighted by molar-refractivity contribution is 0.169. The number of rotatable bonds is 3. The van der Waals surface area contributed by atoms with Gasteiger partial charge in [-0.15, -0.1) is 0 Å². The van der Waals surface area contributed by atoms with Crippen LogP contribution in [-0.2, 0) is 6.54 Å². The molecule has 1 unspecified atom stereocenters. The first-order valence-electron chi connectivity index (χ1n) is 7.16. The summed E-state index contributed by atoms with van der Waals surface area (Å²) < 4.78 is 0. The van der Waals surface area contributed by atoms with E-state index in [1.54, 1.807) is 0 Å². The fourth-order valence-corrected chi connectivity index (χ4v) is 2.87. The van der Waals surface area contributed by atoms with Gasteiger partial charge in [-0.2, -0.15) is 0 Å². The molecule has 2 heterocycles. The summed E-state index contributed by atoms with van der Waals surface area (Å²) in [5.41, 5.74) is 7.90. The molecule has 1 saturated heterocycles. The molecule has 0 aliphatic carbocycles. The van der Waals surface area contributed by atoms with Gasteiger partial charge >= 0.3 is 0 Å². The smallest absolute Gasteiger partial charge is 0.271 e. The van der Waals surface area contributed by atoms with Crippen LogP contribution in [-0.4, -0.2) is 34.5 Å². The van der Waals surface area contributed by atoms with Crippen LogP contribution in [0, 0.1) is 5.92 Å². The molecule has 1 aromatic heterocycles. The van der Waals surface area contributed by atoms with Gasteiger partial charge < -0.3 is 10.7 Å². The number of hydrogen-bond donors (Lipinski definition) is 2. The summed E-state index contributed by atoms with van der Waals surface area (Å²) >= 11 is 0. The summed E-state index contributed by atoms with van der Waals surface area (Å²) in [6, 6.07) is 7.63. The molecule has 106 valence electrons. The average molecular weight is 272 g/mol. The van der Waals surface area contributed by atoms with Gasteiger partial charge in [-0.3, -0.25) is 9.69 Å². The van der Waals surface area contributed by atoms with Crippen molar-refractivity contribution in [3.8, 4) is 0 Å². The molecule has 0 spiro atoms. The minimum Gasteiger partial charge on any atom is -0.330 e. The number of benzene rings is 1. The van der Waals surface area contributed by atoms with Crippen LogP contribution in [0.3, 0.4) is 0 Å². The summed E-state index contributed by atoms with van der Waals surface area (Å²) in [7, 11) is 0. The molecule has 3 rings (SSSR count). The molecule has 1 aliphatic rings. The van der Waals surface area contributed by atoms with Gasteiger partial charge in [0.25, 0.3) is 5.56 Å². The molecule has 3 N–H and O–H groups in total. The van der Waals surface area contributed by atoms with Crippen LogP contribution in [0.25, 0.3) is 11.0 Å². The molecule has 1 aromatic carbocycles. The predicted molar refractivity (Wildman–Crippen MR) is 79.4 cm³/mol. The summed E-state index contributed by atoms with van der Waals surface area (Å²) in [5, 5.41) is 0. The Kier molecular flexibility index (Phi) is 3.80. The highest BCUT2D eigenvalue weighted by Crippen LogP contribution is 2.16. The van der Waals surface area contributed by atoms with Gasteiger partial charge in [0.05, 0.1) is 11.0 Å². The molecule has 0 saturated carbocycles. The van der Waals surface area contributed by atoms with E-state index in [0.29, 0.717) is 18.2 Å². The quantitative estimate of drug-likeness (QED) is 0.877. The van der Waals surface area contributed by atoms with E-state index < -0.39 is 0 Å². The van der Waals surface area contributed by atoms with Crippen LogP contribution in [0.15, 0.2) is 29.1 Å². The molecule has 0 bridgehead atoms. The zero-order valence-corrected chi connectivity index (χ0v) is 11.5. The molecular formula is C15H20N4O. The van der Waals surface area contributed by atoms with Gasteiger partial charge in [0.15, 0.2) is 0 Å². The van der Waals surface area contributed by atoms with Crippen molar-refractivity contribution in [3.63, 3.8) is 0 Å². The van der Waals surface area contributed by atoms with E-state index in [9.17, 15) is 4.79 Å². The number of aromatic nitrogens is 2. The summed E-state index contributed by atoms with van der Waals surface area (Å²) in [5.74, 6) is 0.545. The largest absolute Gasteiger partial charge is 0.330 e. The monoisotopic (exact) mass is 272 g/mol. The third-order valence-electron chi connectivity index (χ3n) is 3.98. The molecule has 20 heavy (non-hydrogen) atoms. The number of aromatic amines is 1. The highest BCUT2D eigenvalue weighted by Gasteiger charge is 2.20. The number of nitrogens with one attached hydrogen (secondary N) is 1. The number of nitrogens with zero attached hydrogens (tertiary/aromatic N) is 2. The minimum atomic E-state index is -0.0847. The Labute approximate surface area is 117 Å². The van der Waals surface area contributed by atoms with Crippen molar-refractivity contribution < 1.29 is 0 Å². The highest BCUT2D eigenvalue weighted by molar-refractivity contribution is 5.73. The second kappa shape index (κ2) is 5.73. The summed E-state index contributed by atoms with van der Waals surface area (Å²) in [4.78, 5) is 21.8. The number of nitrogens with two attached hydrogens (primary N) is 1. The Morgan fingerprint density at radius 3 is 3.10 bits per heavy atom. The molecule has 0 amide bonds. The minimum absolute atomic E-state index is 0.0847. The maximum Gasteiger partial charge on any atom is 0.271 e. The zero-order valence-electron chi connectivity index (χ0n) is 11.5. The van der Waals surface area contributed by atoms with E-state index >= 15 is 0 Å². The lowest BCUT2D eigenvalue weighted by atomic mass is 9.98. The Balaban J connectivity index is 1.83. The van der Waals surface area contributed by atoms with Crippen molar-refractivity contribution >= 4 is 11.0 Å². The molecule has 5 nitrogen and oxygen atoms in total. The Morgan fingerprint density at radius 2 is 2.25 bits per heavy atom. The normalized spacial score (nSPS) is 20.4. The SMILES string of the molecule is NCC1CCCN(Cc2nc3ccccc3[nH]c2=O)C1. The van der Waals surface area contributed by atoms with Gasteiger partial charge in [0.2, 0.25) is 0 Å². The fourth-order valence-electron chi connectivity index (χ4n) is 2.87. The van der Waals surface area contributed by atoms with Crippen molar-refractivity contribution in [1.82, 2.24) is 14.9 Å². The van der Waals surface area contributed by atoms with Crippen molar-refractivity contribution in [1.29, 1.82) is 0 Å². The number of hydrogen-bond acceptors (Lipinski definition) is 4. The van der Waals surface area contributed by atoms with E-state index in [2.05, 4.69) is 14.9 Å². The fraction of sp³-hybridized carbons (Fsp3) is 0.467. The van der Waals surface area contributed by atoms with E-state index in [4.69, 9.17) is 5.73 Å². The predicted octanol–water partition coefficient (Wildman–Crippen LogP) is 1.09. The zero-order chi connectivity index (χ0) is 13.9. The van der Waals surface area contributed by atoms with Crippen LogP contribution in [0.5, 0.6) is 0 Å². The molecule has 1 atom stereocenters. The lowest BCUT2D eigenvalue weighted by Crippen LogP contribution is -2.39. The van der Waals surface area contributed by atoms with Gasteiger partial charge in [-0.1, -0.05) is 12.1 Å². The third-order valence-corrected chi connectivity index (χ3v) is 3.98. The summed E-state index contributed by atoms with van der Waals surface area (Å²) in [6.07, 6.45) is 2.34. The summed E-state index contributed by atoms with van der Waals surface area (Å²) in [6.45, 7) is 3.31. The van der Waals surface area contributed by atoms with Crippen molar-refractivity contribution in [2.75, 3.05) is 19.6 Å². The number of H-pyrrole nitrogens is 1. The molecule has 1 aliphatic heterocycles. The molecule has 0 radical (unpaired) electrons. The first kappa shape index (κ1) is 13.3. The van der Waals surface area contributed by atoms with Gasteiger partial charge in [-0.05, 0) is 44.0 Å². The van der Waals surface area contributed by atoms with Crippen molar-refractivity contribution in [3.05, 3.63) is 40.3 Å². The molecule has 2 aromatic rings. The maximum absolute atomic E-state index is 12.1. The van der Waals surface area contributed by atoms with Gasteiger partial charge in [0.1, 0.15) is 5.69 Å². The topological polar surface area (TPSA) is 75.0 Å². The van der Waals surface area contributed by atoms with E-state index in [0.717, 1.165) is 37.1 Å². The van der Waals surface area contributed by atoms with Crippen LogP contribution < -0.4 is 11.3 Å². The first-order valence-corrected chi connectivity index (χ1v) is 7.16. The number of para-hydroxylation sites is 2. The van der Waals surface area contributed by atoms with E-state index in [-0.39, 0.29) is 5.56 Å². The Bertz CT molecular complexity index is 652. The Morgan fingerprint density at radius 1 is 1.40 bits per heavy atom. The van der Waals surface area contributed by atoms with Crippen LogP contribution in [0.1, 0.15) is 18.5 Å². The van der Waals surface area contributed by atoms with E-state index in [1.165, 1.54) is 6.42 Å². The second-order valence-electron chi connectivity index (χ2n) is 5.51. The second-order valence-corrected chi connectivity index (χ2v) is 5.51. The van der Waals surface area contributed by atoms with Gasteiger partial charge in [-0.25, -0.2) is 4.98 Å². The molecule has 5 heteroatoms. The van der Waals surface area contributed by atoms with Crippen molar-refractivity contribution in [2.24, 2.45) is 11.7 Å². The lowest BCUT2D eigenvalue weighted by Gasteiger charge is -2.31. The van der Waals surface area contributed by atoms with E-state index in [1.807, 2.05) is 24.3 Å². The van der Waals surface area contributed by atoms with Crippen LogP contribution in [0.4, 0.5) is 0 Å². The number of piperidine rings is 1. The van der Waals surface area contributed by atoms with Crippen molar-refractivity contribution in [2.45, 2.75) is 19.4 Å². The number of fused-ring (bicyclic) bond motifs is 1.